The van der Waals surface area contributed by atoms with Gasteiger partial charge in [0.1, 0.15) is 0 Å². The van der Waals surface area contributed by atoms with Crippen molar-refractivity contribution in [2.45, 2.75) is 32.7 Å². The quantitative estimate of drug-likeness (QED) is 0.667. The lowest BCUT2D eigenvalue weighted by atomic mass is 10.1. The van der Waals surface area contributed by atoms with Crippen LogP contribution in [-0.2, 0) is 9.47 Å². The fraction of sp³-hybridized carbons (Fsp3) is 1.00. The van der Waals surface area contributed by atoms with Gasteiger partial charge in [0.25, 0.3) is 0 Å². The third-order valence-corrected chi connectivity index (χ3v) is 3.27. The summed E-state index contributed by atoms with van der Waals surface area (Å²) in [4.78, 5) is 2.50. The molecule has 0 radical (unpaired) electrons. The summed E-state index contributed by atoms with van der Waals surface area (Å²) in [6, 6.07) is 0. The zero-order valence-electron chi connectivity index (χ0n) is 12.5. The predicted octanol–water partition coefficient (Wildman–Crippen LogP) is 1.36. The summed E-state index contributed by atoms with van der Waals surface area (Å²) in [7, 11) is 1.71. The van der Waals surface area contributed by atoms with E-state index in [2.05, 4.69) is 31.0 Å². The van der Waals surface area contributed by atoms with Crippen LogP contribution in [0, 0.1) is 5.92 Å². The van der Waals surface area contributed by atoms with Crippen molar-refractivity contribution in [1.82, 2.24) is 10.2 Å². The Kier molecular flexibility index (Phi) is 7.15. The van der Waals surface area contributed by atoms with Crippen LogP contribution in [0.3, 0.4) is 0 Å². The average molecular weight is 258 g/mol. The monoisotopic (exact) mass is 258 g/mol. The van der Waals surface area contributed by atoms with E-state index in [4.69, 9.17) is 9.47 Å². The molecule has 18 heavy (non-hydrogen) atoms. The van der Waals surface area contributed by atoms with Crippen LogP contribution in [0.25, 0.3) is 0 Å². The molecule has 1 atom stereocenters. The van der Waals surface area contributed by atoms with Gasteiger partial charge >= 0.3 is 0 Å². The third-order valence-electron chi connectivity index (χ3n) is 3.27. The molecule has 0 amide bonds. The van der Waals surface area contributed by atoms with Crippen LogP contribution in [0.5, 0.6) is 0 Å². The van der Waals surface area contributed by atoms with Crippen LogP contribution in [-0.4, -0.2) is 63.5 Å². The highest BCUT2D eigenvalue weighted by Gasteiger charge is 2.23. The Labute approximate surface area is 112 Å². The second-order valence-corrected chi connectivity index (χ2v) is 6.19. The first kappa shape index (κ1) is 15.9. The van der Waals surface area contributed by atoms with Crippen LogP contribution < -0.4 is 5.32 Å². The molecule has 1 N–H and O–H groups in total. The van der Waals surface area contributed by atoms with Gasteiger partial charge in [0, 0.05) is 25.7 Å². The first-order valence-corrected chi connectivity index (χ1v) is 7.05. The van der Waals surface area contributed by atoms with E-state index in [1.165, 1.54) is 19.5 Å². The zero-order chi connectivity index (χ0) is 13.4. The van der Waals surface area contributed by atoms with E-state index in [9.17, 15) is 0 Å². The van der Waals surface area contributed by atoms with E-state index in [1.54, 1.807) is 7.11 Å². The molecule has 1 aliphatic heterocycles. The van der Waals surface area contributed by atoms with Gasteiger partial charge in [-0.25, -0.2) is 0 Å². The van der Waals surface area contributed by atoms with Gasteiger partial charge in [-0.3, -0.25) is 0 Å². The van der Waals surface area contributed by atoms with Crippen LogP contribution in [0.4, 0.5) is 0 Å². The molecule has 1 saturated heterocycles. The summed E-state index contributed by atoms with van der Waals surface area (Å²) in [5, 5.41) is 3.59. The van der Waals surface area contributed by atoms with E-state index < -0.39 is 0 Å². The van der Waals surface area contributed by atoms with Crippen molar-refractivity contribution < 1.29 is 9.47 Å². The maximum absolute atomic E-state index is 5.50. The number of ether oxygens (including phenoxy) is 2. The zero-order valence-corrected chi connectivity index (χ0v) is 12.5. The molecule has 0 aliphatic carbocycles. The van der Waals surface area contributed by atoms with Crippen LogP contribution in [0.1, 0.15) is 27.2 Å². The van der Waals surface area contributed by atoms with Crippen molar-refractivity contribution in [3.8, 4) is 0 Å². The molecular formula is C14H30N2O2. The standard InChI is InChI=1S/C14H30N2O2/c1-14(2,3)15-11-13-5-6-16(12-13)7-8-18-10-9-17-4/h13,15H,5-12H2,1-4H3. The average Bonchev–Trinajstić information content (AvgIpc) is 2.73. The Morgan fingerprint density at radius 1 is 1.22 bits per heavy atom. The molecule has 0 aromatic rings. The van der Waals surface area contributed by atoms with Gasteiger partial charge in [-0.05, 0) is 46.2 Å². The maximum atomic E-state index is 5.50. The van der Waals surface area contributed by atoms with E-state index in [0.717, 1.165) is 25.6 Å². The minimum Gasteiger partial charge on any atom is -0.382 e. The molecule has 0 spiro atoms. The lowest BCUT2D eigenvalue weighted by Crippen LogP contribution is -2.39. The van der Waals surface area contributed by atoms with E-state index in [-0.39, 0.29) is 5.54 Å². The summed E-state index contributed by atoms with van der Waals surface area (Å²) in [6.07, 6.45) is 1.31. The third kappa shape index (κ3) is 7.31. The maximum Gasteiger partial charge on any atom is 0.0700 e. The predicted molar refractivity (Wildman–Crippen MR) is 75.0 cm³/mol. The topological polar surface area (TPSA) is 33.7 Å². The van der Waals surface area contributed by atoms with Gasteiger partial charge in [-0.2, -0.15) is 0 Å². The molecule has 1 rings (SSSR count). The van der Waals surface area contributed by atoms with Crippen molar-refractivity contribution in [2.75, 3.05) is 53.1 Å². The van der Waals surface area contributed by atoms with E-state index in [0.29, 0.717) is 13.2 Å². The van der Waals surface area contributed by atoms with Crippen molar-refractivity contribution >= 4 is 0 Å². The minimum atomic E-state index is 0.233. The van der Waals surface area contributed by atoms with Gasteiger partial charge in [-0.15, -0.1) is 0 Å². The van der Waals surface area contributed by atoms with Gasteiger partial charge in [0.15, 0.2) is 0 Å². The Balaban J connectivity index is 2.03. The van der Waals surface area contributed by atoms with Gasteiger partial charge in [0.2, 0.25) is 0 Å². The van der Waals surface area contributed by atoms with Gasteiger partial charge in [0.05, 0.1) is 19.8 Å². The molecule has 1 heterocycles. The van der Waals surface area contributed by atoms with Crippen molar-refractivity contribution in [2.24, 2.45) is 5.92 Å². The second-order valence-electron chi connectivity index (χ2n) is 6.19. The number of likely N-dealkylation sites (tertiary alicyclic amines) is 1. The molecule has 1 fully saturated rings. The lowest BCUT2D eigenvalue weighted by Gasteiger charge is -2.23. The van der Waals surface area contributed by atoms with Crippen molar-refractivity contribution in [3.05, 3.63) is 0 Å². The summed E-state index contributed by atoms with van der Waals surface area (Å²) in [5.41, 5.74) is 0.233. The molecule has 108 valence electrons. The molecule has 4 nitrogen and oxygen atoms in total. The number of hydrogen-bond donors (Lipinski definition) is 1. The fourth-order valence-corrected chi connectivity index (χ4v) is 2.17. The fourth-order valence-electron chi connectivity index (χ4n) is 2.17. The molecule has 0 bridgehead atoms. The van der Waals surface area contributed by atoms with E-state index in [1.807, 2.05) is 0 Å². The van der Waals surface area contributed by atoms with Crippen LogP contribution in [0.15, 0.2) is 0 Å². The molecule has 1 unspecified atom stereocenters. The summed E-state index contributed by atoms with van der Waals surface area (Å²) < 4.78 is 10.5. The van der Waals surface area contributed by atoms with Crippen LogP contribution in [0.2, 0.25) is 0 Å². The number of methoxy groups -OCH3 is 1. The lowest BCUT2D eigenvalue weighted by molar-refractivity contribution is 0.0599. The number of nitrogens with one attached hydrogen (secondary N) is 1. The molecule has 1 aliphatic rings. The second kappa shape index (κ2) is 8.10. The number of rotatable bonds is 8. The SMILES string of the molecule is COCCOCCN1CCC(CNC(C)(C)C)C1. The molecule has 0 saturated carbocycles. The highest BCUT2D eigenvalue weighted by atomic mass is 16.5. The summed E-state index contributed by atoms with van der Waals surface area (Å²) >= 11 is 0. The first-order chi connectivity index (χ1) is 8.51. The Morgan fingerprint density at radius 2 is 2.00 bits per heavy atom. The van der Waals surface area contributed by atoms with Crippen LogP contribution >= 0.6 is 0 Å². The first-order valence-electron chi connectivity index (χ1n) is 7.05. The smallest absolute Gasteiger partial charge is 0.0700 e. The Hall–Kier alpha value is -0.160. The summed E-state index contributed by atoms with van der Waals surface area (Å²) in [5.74, 6) is 0.795. The highest BCUT2D eigenvalue weighted by Crippen LogP contribution is 2.15. The Bertz CT molecular complexity index is 216. The normalized spacial score (nSPS) is 21.7. The van der Waals surface area contributed by atoms with Crippen molar-refractivity contribution in [3.63, 3.8) is 0 Å². The van der Waals surface area contributed by atoms with Gasteiger partial charge < -0.3 is 19.7 Å². The molecule has 4 heteroatoms. The van der Waals surface area contributed by atoms with E-state index >= 15 is 0 Å². The van der Waals surface area contributed by atoms with Gasteiger partial charge in [-0.1, -0.05) is 0 Å². The molecular weight excluding hydrogens is 228 g/mol. The molecule has 0 aromatic carbocycles. The summed E-state index contributed by atoms with van der Waals surface area (Å²) in [6.45, 7) is 13.5. The van der Waals surface area contributed by atoms with Crippen molar-refractivity contribution in [1.29, 1.82) is 0 Å². The number of hydrogen-bond acceptors (Lipinski definition) is 4. The number of nitrogens with zero attached hydrogens (tertiary/aromatic N) is 1. The largest absolute Gasteiger partial charge is 0.382 e. The minimum absolute atomic E-state index is 0.233. The Morgan fingerprint density at radius 3 is 2.67 bits per heavy atom. The molecule has 0 aromatic heterocycles. The highest BCUT2D eigenvalue weighted by molar-refractivity contribution is 4.80.